The Morgan fingerprint density at radius 2 is 2.15 bits per heavy atom. The predicted octanol–water partition coefficient (Wildman–Crippen LogP) is 4.31. The van der Waals surface area contributed by atoms with Crippen molar-refractivity contribution >= 4 is 27.5 Å². The predicted molar refractivity (Wildman–Crippen MR) is 60.2 cm³/mol. The Morgan fingerprint density at radius 3 is 2.77 bits per heavy atom. The van der Waals surface area contributed by atoms with Crippen LogP contribution in [0.4, 0.5) is 0 Å². The minimum atomic E-state index is 0.153. The molecule has 13 heavy (non-hydrogen) atoms. The monoisotopic (exact) mass is 258 g/mol. The summed E-state index contributed by atoms with van der Waals surface area (Å²) in [6, 6.07) is 6.27. The molecule has 1 aromatic rings. The van der Waals surface area contributed by atoms with Gasteiger partial charge in [0.05, 0.1) is 5.38 Å². The summed E-state index contributed by atoms with van der Waals surface area (Å²) in [5.74, 6) is 0. The molecule has 0 radical (unpaired) electrons. The van der Waals surface area contributed by atoms with Crippen LogP contribution in [0.5, 0.6) is 0 Å². The summed E-state index contributed by atoms with van der Waals surface area (Å²) in [5.41, 5.74) is 2.86. The van der Waals surface area contributed by atoms with Crippen LogP contribution < -0.4 is 0 Å². The first-order valence-electron chi connectivity index (χ1n) is 4.44. The third kappa shape index (κ3) is 1.42. The molecule has 1 atom stereocenters. The molecule has 0 nitrogen and oxygen atoms in total. The summed E-state index contributed by atoms with van der Waals surface area (Å²) in [4.78, 5) is 0. The fourth-order valence-corrected chi connectivity index (χ4v) is 2.77. The van der Waals surface area contributed by atoms with Gasteiger partial charge in [-0.1, -0.05) is 41.9 Å². The van der Waals surface area contributed by atoms with E-state index in [9.17, 15) is 0 Å². The normalized spacial score (nSPS) is 24.5. The number of fused-ring (bicyclic) bond motifs is 1. The summed E-state index contributed by atoms with van der Waals surface area (Å²) in [7, 11) is 0. The second-order valence-corrected chi connectivity index (χ2v) is 5.63. The summed E-state index contributed by atoms with van der Waals surface area (Å²) in [6.07, 6.45) is 1.07. The van der Waals surface area contributed by atoms with Crippen LogP contribution in [-0.4, -0.2) is 0 Å². The van der Waals surface area contributed by atoms with Crippen molar-refractivity contribution in [1.29, 1.82) is 0 Å². The maximum atomic E-state index is 6.39. The van der Waals surface area contributed by atoms with Crippen molar-refractivity contribution in [2.24, 2.45) is 5.41 Å². The lowest BCUT2D eigenvalue weighted by Crippen LogP contribution is -2.12. The number of hydrogen-bond acceptors (Lipinski definition) is 0. The smallest absolute Gasteiger partial charge is 0.0642 e. The van der Waals surface area contributed by atoms with Crippen molar-refractivity contribution in [3.8, 4) is 0 Å². The molecule has 0 N–H and O–H groups in total. The molecule has 0 bridgehead atoms. The van der Waals surface area contributed by atoms with E-state index in [-0.39, 0.29) is 10.8 Å². The largest absolute Gasteiger partial charge is 0.117 e. The molecular formula is C11H12BrCl. The van der Waals surface area contributed by atoms with E-state index in [1.165, 1.54) is 15.6 Å². The maximum absolute atomic E-state index is 6.39. The summed E-state index contributed by atoms with van der Waals surface area (Å²) in [6.45, 7) is 4.44. The van der Waals surface area contributed by atoms with Gasteiger partial charge in [0.2, 0.25) is 0 Å². The lowest BCUT2D eigenvalue weighted by Gasteiger charge is -2.21. The zero-order chi connectivity index (χ0) is 9.64. The average molecular weight is 260 g/mol. The Balaban J connectivity index is 2.56. The molecule has 2 rings (SSSR count). The van der Waals surface area contributed by atoms with Crippen molar-refractivity contribution in [3.05, 3.63) is 33.8 Å². The third-order valence-electron chi connectivity index (χ3n) is 2.75. The highest BCUT2D eigenvalue weighted by Gasteiger charge is 2.38. The molecule has 1 aliphatic rings. The topological polar surface area (TPSA) is 0 Å². The van der Waals surface area contributed by atoms with Gasteiger partial charge in [-0.3, -0.25) is 0 Å². The van der Waals surface area contributed by atoms with Gasteiger partial charge in [-0.05, 0) is 29.0 Å². The zero-order valence-corrected chi connectivity index (χ0v) is 10.1. The van der Waals surface area contributed by atoms with Crippen molar-refractivity contribution in [3.63, 3.8) is 0 Å². The van der Waals surface area contributed by atoms with Crippen molar-refractivity contribution in [2.45, 2.75) is 25.6 Å². The van der Waals surface area contributed by atoms with E-state index in [0.717, 1.165) is 6.42 Å². The number of alkyl halides is 1. The van der Waals surface area contributed by atoms with E-state index < -0.39 is 0 Å². The molecule has 0 saturated heterocycles. The molecule has 0 fully saturated rings. The van der Waals surface area contributed by atoms with E-state index >= 15 is 0 Å². The van der Waals surface area contributed by atoms with Crippen molar-refractivity contribution < 1.29 is 0 Å². The van der Waals surface area contributed by atoms with Gasteiger partial charge < -0.3 is 0 Å². The van der Waals surface area contributed by atoms with Crippen LogP contribution >= 0.6 is 27.5 Å². The Morgan fingerprint density at radius 1 is 1.46 bits per heavy atom. The molecule has 0 spiro atoms. The fourth-order valence-electron chi connectivity index (χ4n) is 1.97. The molecule has 0 heterocycles. The van der Waals surface area contributed by atoms with Crippen LogP contribution in [0.2, 0.25) is 0 Å². The molecule has 0 amide bonds. The van der Waals surface area contributed by atoms with Gasteiger partial charge in [-0.2, -0.15) is 0 Å². The first kappa shape index (κ1) is 9.54. The number of benzene rings is 1. The van der Waals surface area contributed by atoms with Crippen LogP contribution in [0.15, 0.2) is 22.7 Å². The van der Waals surface area contributed by atoms with Crippen LogP contribution in [0.3, 0.4) is 0 Å². The van der Waals surface area contributed by atoms with E-state index in [2.05, 4.69) is 48.0 Å². The lowest BCUT2D eigenvalue weighted by atomic mass is 9.90. The molecular weight excluding hydrogens is 247 g/mol. The number of halogens is 2. The van der Waals surface area contributed by atoms with Crippen molar-refractivity contribution in [1.82, 2.24) is 0 Å². The molecule has 2 heteroatoms. The van der Waals surface area contributed by atoms with Crippen LogP contribution in [0.1, 0.15) is 30.4 Å². The Hall–Kier alpha value is -0.0100. The average Bonchev–Trinajstić information content (AvgIpc) is 2.28. The molecule has 0 aromatic heterocycles. The van der Waals surface area contributed by atoms with Gasteiger partial charge in [-0.25, -0.2) is 0 Å². The van der Waals surface area contributed by atoms with Crippen LogP contribution in [0.25, 0.3) is 0 Å². The Labute approximate surface area is 92.4 Å². The molecule has 0 saturated carbocycles. The first-order chi connectivity index (χ1) is 6.02. The first-order valence-corrected chi connectivity index (χ1v) is 5.67. The third-order valence-corrected chi connectivity index (χ3v) is 4.32. The SMILES string of the molecule is CC1(C)Cc2c(Br)cccc2C1Cl. The second-order valence-electron chi connectivity index (χ2n) is 4.34. The second kappa shape index (κ2) is 2.99. The molecule has 1 unspecified atom stereocenters. The summed E-state index contributed by atoms with van der Waals surface area (Å²) in [5, 5.41) is 0.153. The highest BCUT2D eigenvalue weighted by molar-refractivity contribution is 9.10. The molecule has 1 aliphatic carbocycles. The molecule has 70 valence electrons. The van der Waals surface area contributed by atoms with Crippen molar-refractivity contribution in [2.75, 3.05) is 0 Å². The van der Waals surface area contributed by atoms with Crippen LogP contribution in [-0.2, 0) is 6.42 Å². The van der Waals surface area contributed by atoms with E-state index in [0.29, 0.717) is 0 Å². The minimum absolute atomic E-state index is 0.153. The van der Waals surface area contributed by atoms with Gasteiger partial charge in [0.25, 0.3) is 0 Å². The fraction of sp³-hybridized carbons (Fsp3) is 0.455. The zero-order valence-electron chi connectivity index (χ0n) is 7.77. The molecule has 0 aliphatic heterocycles. The highest BCUT2D eigenvalue weighted by atomic mass is 79.9. The Bertz CT molecular complexity index is 344. The van der Waals surface area contributed by atoms with E-state index in [4.69, 9.17) is 11.6 Å². The standard InChI is InChI=1S/C11H12BrCl/c1-11(2)6-8-7(10(11)13)4-3-5-9(8)12/h3-5,10H,6H2,1-2H3. The summed E-state index contributed by atoms with van der Waals surface area (Å²) >= 11 is 9.95. The lowest BCUT2D eigenvalue weighted by molar-refractivity contribution is 0.379. The molecule has 1 aromatic carbocycles. The van der Waals surface area contributed by atoms with E-state index in [1.54, 1.807) is 0 Å². The number of hydrogen-bond donors (Lipinski definition) is 0. The van der Waals surface area contributed by atoms with Gasteiger partial charge in [-0.15, -0.1) is 11.6 Å². The summed E-state index contributed by atoms with van der Waals surface area (Å²) < 4.78 is 1.20. The van der Waals surface area contributed by atoms with Gasteiger partial charge in [0.1, 0.15) is 0 Å². The quantitative estimate of drug-likeness (QED) is 0.609. The minimum Gasteiger partial charge on any atom is -0.117 e. The highest BCUT2D eigenvalue weighted by Crippen LogP contribution is 2.50. The van der Waals surface area contributed by atoms with Gasteiger partial charge in [0, 0.05) is 4.47 Å². The van der Waals surface area contributed by atoms with E-state index in [1.807, 2.05) is 0 Å². The maximum Gasteiger partial charge on any atom is 0.0642 e. The van der Waals surface area contributed by atoms with Gasteiger partial charge in [0.15, 0.2) is 0 Å². The number of rotatable bonds is 0. The Kier molecular flexibility index (Phi) is 2.20. The van der Waals surface area contributed by atoms with Crippen LogP contribution in [0, 0.1) is 5.41 Å². The van der Waals surface area contributed by atoms with Gasteiger partial charge >= 0.3 is 0 Å².